The third-order valence-corrected chi connectivity index (χ3v) is 15.5. The molecule has 0 radical (unpaired) electrons. The van der Waals surface area contributed by atoms with Crippen LogP contribution < -0.4 is 31.9 Å². The number of benzene rings is 6. The summed E-state index contributed by atoms with van der Waals surface area (Å²) in [4.78, 5) is 93.6. The van der Waals surface area contributed by atoms with Crippen molar-refractivity contribution in [3.8, 4) is 0 Å². The number of nitrogens with zero attached hydrogens (tertiary/aromatic N) is 6. The molecule has 0 unspecified atom stereocenters. The number of morpholine rings is 1. The van der Waals surface area contributed by atoms with Gasteiger partial charge in [0.1, 0.15) is 52.4 Å². The molecule has 500 valence electrons. The van der Waals surface area contributed by atoms with Crippen LogP contribution in [0.15, 0.2) is 182 Å². The molecule has 3 aromatic heterocycles. The smallest absolute Gasteiger partial charge is 0.258 e. The van der Waals surface area contributed by atoms with Crippen LogP contribution in [0.3, 0.4) is 0 Å². The Kier molecular flexibility index (Phi) is 24.1. The molecule has 2 saturated heterocycles. The van der Waals surface area contributed by atoms with E-state index in [0.717, 1.165) is 38.1 Å². The molecule has 0 bridgehead atoms. The number of pyridine rings is 3. The molecule has 98 heavy (non-hydrogen) atoms. The van der Waals surface area contributed by atoms with Crippen LogP contribution in [-0.2, 0) is 4.74 Å². The van der Waals surface area contributed by atoms with Gasteiger partial charge in [-0.15, -0.1) is 0 Å². The van der Waals surface area contributed by atoms with Crippen molar-refractivity contribution in [1.29, 1.82) is 16.2 Å². The number of likely N-dealkylation sites (tertiary alicyclic amines) is 1. The minimum Gasteiger partial charge on any atom is -0.378 e. The standard InChI is InChI=1S/C24H21ClFN5O3.C24H21ClFN5O2.C22H19ClFN5O2/c25-16-6-8-21(28-14-16)30-24(33)18-3-1-2-4-20(18)29-23(32)17-7-5-15(13-19(17)26)22(27)31-9-11-34-12-10-31;25-16-8-10-21(28-14-16)30-24(33)18-5-1-2-6-20(18)29-23(32)17-9-7-15(13-19(17)26)22(27)31-11-3-4-12-31;1-29(2)20(25)13-7-9-15(17(24)11-13)21(30)27-18-6-4-3-5-16(18)22(31)28-19-10-8-14(23)12-26-19/h1-8,13-14,27H,9-12H2,(H,29,32)(H,28,30,33);1-2,5-10,13-14,27H,3-4,11-12H2,(H,29,32)(H,28,30,33);3-12,25H,1-2H3,(H,27,30)(H,26,28,31). The first-order valence-electron chi connectivity index (χ1n) is 30.0. The highest BCUT2D eigenvalue weighted by atomic mass is 35.5. The first-order valence-corrected chi connectivity index (χ1v) is 31.1. The maximum Gasteiger partial charge on any atom is 0.258 e. The molecule has 9 aromatic rings. The Labute approximate surface area is 575 Å². The molecule has 0 atom stereocenters. The lowest BCUT2D eigenvalue weighted by Gasteiger charge is -2.29. The van der Waals surface area contributed by atoms with Crippen LogP contribution in [0.5, 0.6) is 0 Å². The SMILES string of the molecule is CN(C)C(=N)c1ccc(C(=O)Nc2ccccc2C(=O)Nc2ccc(Cl)cn2)c(F)c1.N=C(c1ccc(C(=O)Nc2ccccc2C(=O)Nc2ccc(Cl)cn2)c(F)c1)N1CCCC1.N=C(c1ccc(C(=O)Nc2ccccc2C(=O)Nc2ccc(Cl)cn2)c(F)c1)N1CCOCC1. The first kappa shape index (κ1) is 70.9. The molecule has 2 aliphatic rings. The summed E-state index contributed by atoms with van der Waals surface area (Å²) in [6.07, 6.45) is 6.21. The van der Waals surface area contributed by atoms with Crippen molar-refractivity contribution < 1.29 is 46.7 Å². The topological polar surface area (TPSA) is 304 Å². The Morgan fingerprint density at radius 2 is 0.714 bits per heavy atom. The Balaban J connectivity index is 0.000000172. The number of aromatic nitrogens is 3. The maximum atomic E-state index is 14.8. The summed E-state index contributed by atoms with van der Waals surface area (Å²) in [6, 6.07) is 40.6. The Bertz CT molecular complexity index is 4480. The first-order chi connectivity index (χ1) is 47.1. The monoisotopic (exact) mass is 1390 g/mol. The van der Waals surface area contributed by atoms with Crippen LogP contribution in [0.2, 0.25) is 15.1 Å². The zero-order valence-corrected chi connectivity index (χ0v) is 54.6. The lowest BCUT2D eigenvalue weighted by Crippen LogP contribution is -2.40. The number of nitrogens with one attached hydrogen (secondary N) is 9. The Hall–Kier alpha value is -11.4. The van der Waals surface area contributed by atoms with Gasteiger partial charge in [0.15, 0.2) is 0 Å². The van der Waals surface area contributed by atoms with E-state index in [1.807, 2.05) is 4.90 Å². The summed E-state index contributed by atoms with van der Waals surface area (Å²) < 4.78 is 49.4. The zero-order chi connectivity index (χ0) is 70.0. The van der Waals surface area contributed by atoms with E-state index in [0.29, 0.717) is 75.5 Å². The van der Waals surface area contributed by atoms with E-state index in [1.54, 1.807) is 110 Å². The summed E-state index contributed by atoms with van der Waals surface area (Å²) in [5, 5.41) is 41.4. The van der Waals surface area contributed by atoms with Crippen molar-refractivity contribution in [3.63, 3.8) is 0 Å². The zero-order valence-electron chi connectivity index (χ0n) is 52.3. The highest BCUT2D eigenvalue weighted by Gasteiger charge is 2.24. The van der Waals surface area contributed by atoms with Gasteiger partial charge < -0.3 is 51.3 Å². The fraction of sp³-hybridized carbons (Fsp3) is 0.143. The predicted octanol–water partition coefficient (Wildman–Crippen LogP) is 13.1. The van der Waals surface area contributed by atoms with Gasteiger partial charge in [-0.25, -0.2) is 28.1 Å². The number of rotatable bonds is 15. The van der Waals surface area contributed by atoms with E-state index >= 15 is 0 Å². The number of amides is 6. The Morgan fingerprint density at radius 3 is 1.03 bits per heavy atom. The number of para-hydroxylation sites is 3. The number of halogens is 6. The quantitative estimate of drug-likeness (QED) is 0.0341. The number of ether oxygens (including phenoxy) is 1. The van der Waals surface area contributed by atoms with Crippen molar-refractivity contribution in [3.05, 3.63) is 265 Å². The van der Waals surface area contributed by atoms with Gasteiger partial charge >= 0.3 is 0 Å². The molecule has 6 amide bonds. The predicted molar refractivity (Wildman–Crippen MR) is 371 cm³/mol. The summed E-state index contributed by atoms with van der Waals surface area (Å²) in [5.41, 5.74) is 1.74. The number of carbonyl (C=O) groups excluding carboxylic acids is 6. The van der Waals surface area contributed by atoms with Crippen LogP contribution in [0.25, 0.3) is 0 Å². The molecule has 22 nitrogen and oxygen atoms in total. The molecule has 5 heterocycles. The fourth-order valence-electron chi connectivity index (χ4n) is 9.73. The molecule has 28 heteroatoms. The van der Waals surface area contributed by atoms with Crippen molar-refractivity contribution in [2.24, 2.45) is 0 Å². The van der Waals surface area contributed by atoms with Gasteiger partial charge in [-0.2, -0.15) is 0 Å². The van der Waals surface area contributed by atoms with Crippen LogP contribution in [0.1, 0.15) is 91.7 Å². The minimum atomic E-state index is -0.770. The largest absolute Gasteiger partial charge is 0.378 e. The summed E-state index contributed by atoms with van der Waals surface area (Å²) in [5.74, 6) is -4.47. The number of amidine groups is 3. The van der Waals surface area contributed by atoms with Gasteiger partial charge in [-0.05, 0) is 122 Å². The number of anilines is 6. The summed E-state index contributed by atoms with van der Waals surface area (Å²) in [6.45, 7) is 3.65. The molecule has 2 fully saturated rings. The molecule has 2 aliphatic heterocycles. The second-order valence-electron chi connectivity index (χ2n) is 21.8. The highest BCUT2D eigenvalue weighted by Crippen LogP contribution is 2.26. The van der Waals surface area contributed by atoms with E-state index in [9.17, 15) is 41.9 Å². The van der Waals surface area contributed by atoms with Crippen molar-refractivity contribution >= 4 is 122 Å². The number of carbonyl (C=O) groups is 6. The third-order valence-electron chi connectivity index (χ3n) is 14.8. The maximum absolute atomic E-state index is 14.8. The van der Waals surface area contributed by atoms with E-state index in [1.165, 1.54) is 84.2 Å². The molecule has 0 spiro atoms. The molecular formula is C70H61Cl3F3N15O7. The van der Waals surface area contributed by atoms with Crippen LogP contribution in [-0.4, -0.2) is 136 Å². The molecule has 9 N–H and O–H groups in total. The molecule has 0 aliphatic carbocycles. The van der Waals surface area contributed by atoms with Gasteiger partial charge in [0, 0.05) is 75.6 Å². The van der Waals surface area contributed by atoms with Gasteiger partial charge in [-0.3, -0.25) is 45.0 Å². The second-order valence-corrected chi connectivity index (χ2v) is 23.1. The van der Waals surface area contributed by atoms with Crippen LogP contribution >= 0.6 is 34.8 Å². The van der Waals surface area contributed by atoms with Crippen LogP contribution in [0.4, 0.5) is 47.7 Å². The summed E-state index contributed by atoms with van der Waals surface area (Å²) in [7, 11) is 3.34. The van der Waals surface area contributed by atoms with Gasteiger partial charge in [0.2, 0.25) is 0 Å². The van der Waals surface area contributed by atoms with Gasteiger partial charge in [-0.1, -0.05) is 89.4 Å². The molecule has 11 rings (SSSR count). The van der Waals surface area contributed by atoms with Crippen molar-refractivity contribution in [2.75, 3.05) is 85.4 Å². The van der Waals surface area contributed by atoms with Gasteiger partial charge in [0.05, 0.1) is 78.7 Å². The van der Waals surface area contributed by atoms with Crippen molar-refractivity contribution in [2.45, 2.75) is 12.8 Å². The van der Waals surface area contributed by atoms with E-state index in [2.05, 4.69) is 46.9 Å². The van der Waals surface area contributed by atoms with Crippen molar-refractivity contribution in [1.82, 2.24) is 29.7 Å². The summed E-state index contributed by atoms with van der Waals surface area (Å²) >= 11 is 17.4. The minimum absolute atomic E-state index is 0.115. The van der Waals surface area contributed by atoms with E-state index in [-0.39, 0.29) is 67.9 Å². The number of hydrogen-bond donors (Lipinski definition) is 9. The van der Waals surface area contributed by atoms with E-state index < -0.39 is 52.9 Å². The van der Waals surface area contributed by atoms with E-state index in [4.69, 9.17) is 55.8 Å². The Morgan fingerprint density at radius 1 is 0.408 bits per heavy atom. The lowest BCUT2D eigenvalue weighted by atomic mass is 10.1. The highest BCUT2D eigenvalue weighted by molar-refractivity contribution is 6.31. The average molecular weight is 1390 g/mol. The number of hydrogen-bond acceptors (Lipinski definition) is 13. The fourth-order valence-corrected chi connectivity index (χ4v) is 10.1. The molecule has 0 saturated carbocycles. The molecule has 6 aromatic carbocycles. The third kappa shape index (κ3) is 18.8. The normalized spacial score (nSPS) is 12.2. The molecular weight excluding hydrogens is 1330 g/mol. The van der Waals surface area contributed by atoms with Crippen LogP contribution in [0, 0.1) is 33.7 Å². The van der Waals surface area contributed by atoms with Gasteiger partial charge in [0.25, 0.3) is 35.4 Å². The second kappa shape index (κ2) is 33.3. The average Bonchev–Trinajstić information content (AvgIpc) is 0.971. The lowest BCUT2D eigenvalue weighted by molar-refractivity contribution is 0.0679.